The molecule has 7 heteroatoms. The van der Waals surface area contributed by atoms with Gasteiger partial charge in [-0.25, -0.2) is 4.98 Å². The fraction of sp³-hybridized carbons (Fsp3) is 0.118. The maximum absolute atomic E-state index is 12.5. The van der Waals surface area contributed by atoms with Crippen LogP contribution in [0.15, 0.2) is 56.5 Å². The van der Waals surface area contributed by atoms with Crippen molar-refractivity contribution in [2.45, 2.75) is 13.5 Å². The van der Waals surface area contributed by atoms with Crippen LogP contribution >= 0.6 is 31.9 Å². The van der Waals surface area contributed by atoms with Crippen molar-refractivity contribution in [1.29, 1.82) is 0 Å². The quantitative estimate of drug-likeness (QED) is 0.658. The number of halogens is 2. The van der Waals surface area contributed by atoms with Gasteiger partial charge in [0.25, 0.3) is 5.56 Å². The van der Waals surface area contributed by atoms with E-state index >= 15 is 0 Å². The fourth-order valence-corrected chi connectivity index (χ4v) is 3.26. The van der Waals surface area contributed by atoms with E-state index in [0.29, 0.717) is 16.6 Å². The molecule has 0 radical (unpaired) electrons. The summed E-state index contributed by atoms with van der Waals surface area (Å²) in [5.41, 5.74) is 2.09. The van der Waals surface area contributed by atoms with E-state index in [9.17, 15) is 9.59 Å². The third-order valence-electron chi connectivity index (χ3n) is 3.50. The number of carbonyl (C=O) groups excluding carboxylic acids is 1. The second-order valence-electron chi connectivity index (χ2n) is 5.37. The van der Waals surface area contributed by atoms with Crippen molar-refractivity contribution in [2.75, 3.05) is 5.32 Å². The number of benzene rings is 2. The number of nitrogens with one attached hydrogen (secondary N) is 1. The van der Waals surface area contributed by atoms with E-state index < -0.39 is 0 Å². The maximum Gasteiger partial charge on any atom is 0.261 e. The van der Waals surface area contributed by atoms with Crippen LogP contribution in [0.25, 0.3) is 10.9 Å². The topological polar surface area (TPSA) is 64.0 Å². The van der Waals surface area contributed by atoms with Gasteiger partial charge in [0.2, 0.25) is 5.91 Å². The number of fused-ring (bicyclic) bond motifs is 1. The largest absolute Gasteiger partial charge is 0.324 e. The summed E-state index contributed by atoms with van der Waals surface area (Å²) in [4.78, 5) is 29.0. The smallest absolute Gasteiger partial charge is 0.261 e. The second-order valence-corrected chi connectivity index (χ2v) is 7.14. The van der Waals surface area contributed by atoms with E-state index in [1.54, 1.807) is 12.1 Å². The van der Waals surface area contributed by atoms with Crippen LogP contribution < -0.4 is 10.9 Å². The fourth-order valence-electron chi connectivity index (χ4n) is 2.31. The van der Waals surface area contributed by atoms with Gasteiger partial charge in [-0.2, -0.15) is 0 Å². The Balaban J connectivity index is 1.85. The van der Waals surface area contributed by atoms with Crippen molar-refractivity contribution < 1.29 is 4.79 Å². The molecule has 0 unspecified atom stereocenters. The zero-order valence-corrected chi connectivity index (χ0v) is 15.9. The predicted molar refractivity (Wildman–Crippen MR) is 101 cm³/mol. The van der Waals surface area contributed by atoms with E-state index in [0.717, 1.165) is 14.5 Å². The second kappa shape index (κ2) is 6.86. The van der Waals surface area contributed by atoms with Gasteiger partial charge in [-0.05, 0) is 58.7 Å². The molecule has 2 aromatic carbocycles. The average molecular weight is 451 g/mol. The summed E-state index contributed by atoms with van der Waals surface area (Å²) >= 11 is 6.75. The molecule has 0 aliphatic rings. The van der Waals surface area contributed by atoms with Crippen LogP contribution in [0.3, 0.4) is 0 Å². The Labute approximate surface area is 155 Å². The molecule has 0 aliphatic heterocycles. The highest BCUT2D eigenvalue weighted by molar-refractivity contribution is 9.10. The Bertz CT molecular complexity index is 999. The summed E-state index contributed by atoms with van der Waals surface area (Å²) in [6, 6.07) is 10.9. The van der Waals surface area contributed by atoms with Gasteiger partial charge in [0, 0.05) is 8.95 Å². The molecule has 5 nitrogen and oxygen atoms in total. The highest BCUT2D eigenvalue weighted by Gasteiger charge is 2.10. The van der Waals surface area contributed by atoms with Gasteiger partial charge in [0.1, 0.15) is 6.54 Å². The van der Waals surface area contributed by atoms with E-state index in [2.05, 4.69) is 42.2 Å². The molecule has 0 fully saturated rings. The molecule has 1 aromatic heterocycles. The summed E-state index contributed by atoms with van der Waals surface area (Å²) < 4.78 is 2.88. The van der Waals surface area contributed by atoms with Gasteiger partial charge in [0.15, 0.2) is 0 Å². The molecule has 24 heavy (non-hydrogen) atoms. The number of anilines is 1. The maximum atomic E-state index is 12.5. The van der Waals surface area contributed by atoms with Crippen molar-refractivity contribution >= 4 is 54.4 Å². The Morgan fingerprint density at radius 2 is 2.00 bits per heavy atom. The van der Waals surface area contributed by atoms with Crippen LogP contribution in [0.4, 0.5) is 5.69 Å². The molecule has 0 saturated carbocycles. The van der Waals surface area contributed by atoms with Gasteiger partial charge in [-0.3, -0.25) is 14.2 Å². The summed E-state index contributed by atoms with van der Waals surface area (Å²) in [5.74, 6) is -0.294. The van der Waals surface area contributed by atoms with Gasteiger partial charge >= 0.3 is 0 Å². The van der Waals surface area contributed by atoms with Crippen molar-refractivity contribution in [3.63, 3.8) is 0 Å². The summed E-state index contributed by atoms with van der Waals surface area (Å²) in [5, 5.41) is 3.26. The predicted octanol–water partition coefficient (Wildman–Crippen LogP) is 3.87. The molecule has 1 amide bonds. The van der Waals surface area contributed by atoms with Gasteiger partial charge in [-0.1, -0.05) is 22.0 Å². The first-order valence-electron chi connectivity index (χ1n) is 7.15. The Hall–Kier alpha value is -1.99. The Morgan fingerprint density at radius 1 is 1.21 bits per heavy atom. The van der Waals surface area contributed by atoms with E-state index in [4.69, 9.17) is 0 Å². The number of aryl methyl sites for hydroxylation is 1. The molecule has 0 bridgehead atoms. The molecule has 3 rings (SSSR count). The molecule has 0 aliphatic carbocycles. The molecule has 122 valence electrons. The first-order chi connectivity index (χ1) is 11.4. The molecular weight excluding hydrogens is 438 g/mol. The third kappa shape index (κ3) is 3.57. The minimum atomic E-state index is -0.294. The highest BCUT2D eigenvalue weighted by atomic mass is 79.9. The van der Waals surface area contributed by atoms with Crippen LogP contribution in [-0.4, -0.2) is 15.5 Å². The van der Waals surface area contributed by atoms with Crippen LogP contribution in [0, 0.1) is 6.92 Å². The Kier molecular flexibility index (Phi) is 4.82. The van der Waals surface area contributed by atoms with Crippen LogP contribution in [-0.2, 0) is 11.3 Å². The number of hydrogen-bond acceptors (Lipinski definition) is 3. The van der Waals surface area contributed by atoms with Gasteiger partial charge < -0.3 is 5.32 Å². The molecule has 0 saturated heterocycles. The number of hydrogen-bond donors (Lipinski definition) is 1. The lowest BCUT2D eigenvalue weighted by atomic mass is 10.2. The third-order valence-corrected chi connectivity index (χ3v) is 4.65. The van der Waals surface area contributed by atoms with Gasteiger partial charge in [-0.15, -0.1) is 0 Å². The summed E-state index contributed by atoms with van der Waals surface area (Å²) in [6.45, 7) is 1.86. The zero-order valence-electron chi connectivity index (χ0n) is 12.7. The molecule has 1 N–H and O–H groups in total. The van der Waals surface area contributed by atoms with Gasteiger partial charge in [0.05, 0.1) is 22.9 Å². The SMILES string of the molecule is Cc1ccc(NC(=O)Cn2cnc3ccc(Br)cc3c2=O)c(Br)c1. The number of aromatic nitrogens is 2. The number of nitrogens with zero attached hydrogens (tertiary/aromatic N) is 2. The number of carbonyl (C=O) groups is 1. The molecule has 1 heterocycles. The number of amides is 1. The molecule has 0 spiro atoms. The first-order valence-corrected chi connectivity index (χ1v) is 8.73. The lowest BCUT2D eigenvalue weighted by Crippen LogP contribution is -2.28. The van der Waals surface area contributed by atoms with Crippen LogP contribution in [0.2, 0.25) is 0 Å². The van der Waals surface area contributed by atoms with Crippen molar-refractivity contribution in [3.05, 3.63) is 67.6 Å². The summed E-state index contributed by atoms with van der Waals surface area (Å²) in [6.07, 6.45) is 1.39. The van der Waals surface area contributed by atoms with Crippen LogP contribution in [0.5, 0.6) is 0 Å². The summed E-state index contributed by atoms with van der Waals surface area (Å²) in [7, 11) is 0. The monoisotopic (exact) mass is 449 g/mol. The van der Waals surface area contributed by atoms with Crippen molar-refractivity contribution in [3.8, 4) is 0 Å². The number of rotatable bonds is 3. The minimum absolute atomic E-state index is 0.103. The van der Waals surface area contributed by atoms with E-state index in [1.807, 2.05) is 31.2 Å². The van der Waals surface area contributed by atoms with Crippen LogP contribution in [0.1, 0.15) is 5.56 Å². The van der Waals surface area contributed by atoms with E-state index in [-0.39, 0.29) is 18.0 Å². The minimum Gasteiger partial charge on any atom is -0.324 e. The highest BCUT2D eigenvalue weighted by Crippen LogP contribution is 2.23. The lowest BCUT2D eigenvalue weighted by molar-refractivity contribution is -0.116. The lowest BCUT2D eigenvalue weighted by Gasteiger charge is -2.10. The normalized spacial score (nSPS) is 10.8. The Morgan fingerprint density at radius 3 is 2.75 bits per heavy atom. The molecule has 3 aromatic rings. The standard InChI is InChI=1S/C17H13Br2N3O2/c1-10-2-4-15(13(19)6-10)21-16(23)8-22-9-20-14-5-3-11(18)7-12(14)17(22)24/h2-7,9H,8H2,1H3,(H,21,23). The zero-order chi connectivity index (χ0) is 17.3. The van der Waals surface area contributed by atoms with E-state index in [1.165, 1.54) is 10.9 Å². The van der Waals surface area contributed by atoms with Crippen molar-refractivity contribution in [1.82, 2.24) is 9.55 Å². The molecular formula is C17H13Br2N3O2. The first kappa shape index (κ1) is 16.9. The van der Waals surface area contributed by atoms with Crippen molar-refractivity contribution in [2.24, 2.45) is 0 Å². The average Bonchev–Trinajstić information content (AvgIpc) is 2.53. The molecule has 0 atom stereocenters.